The molecule has 0 radical (unpaired) electrons. The van der Waals surface area contributed by atoms with Crippen LogP contribution in [0, 0.1) is 23.2 Å². The van der Waals surface area contributed by atoms with Gasteiger partial charge in [0.15, 0.2) is 0 Å². The molecule has 47 heavy (non-hydrogen) atoms. The van der Waals surface area contributed by atoms with Crippen LogP contribution in [0.1, 0.15) is 107 Å². The van der Waals surface area contributed by atoms with Crippen LogP contribution in [0.4, 0.5) is 4.79 Å². The highest BCUT2D eigenvalue weighted by atomic mass is 16.6. The SMILES string of the molecule is C=CCC[C@H](NC(=O)[C@@H]1[C@@H]2[C@H](CN1C(=O)[C@@H](NC(=O)NC(C)(C)C)C1CCCCC1)C2(C)C)C(=O)C(=O)NCCC(=O)OC(C)(C)C. The van der Waals surface area contributed by atoms with E-state index in [0.29, 0.717) is 13.0 Å². The number of fused-ring (bicyclic) bond motifs is 1. The Morgan fingerprint density at radius 2 is 1.62 bits per heavy atom. The van der Waals surface area contributed by atoms with Crippen LogP contribution in [0.5, 0.6) is 0 Å². The number of urea groups is 1. The van der Waals surface area contributed by atoms with Crippen molar-refractivity contribution in [1.29, 1.82) is 0 Å². The predicted octanol–water partition coefficient (Wildman–Crippen LogP) is 3.38. The summed E-state index contributed by atoms with van der Waals surface area (Å²) in [5, 5.41) is 11.1. The van der Waals surface area contributed by atoms with E-state index in [1.165, 1.54) is 0 Å². The fourth-order valence-corrected chi connectivity index (χ4v) is 7.08. The smallest absolute Gasteiger partial charge is 0.315 e. The van der Waals surface area contributed by atoms with Gasteiger partial charge in [-0.2, -0.15) is 0 Å². The molecule has 4 N–H and O–H groups in total. The molecule has 2 saturated carbocycles. The molecule has 0 aromatic heterocycles. The van der Waals surface area contributed by atoms with Crippen molar-refractivity contribution in [2.45, 2.75) is 136 Å². The second-order valence-corrected chi connectivity index (χ2v) is 16.0. The second-order valence-electron chi connectivity index (χ2n) is 16.0. The number of ether oxygens (including phenoxy) is 1. The minimum Gasteiger partial charge on any atom is -0.460 e. The first kappa shape index (κ1) is 38.0. The second kappa shape index (κ2) is 15.2. The zero-order valence-electron chi connectivity index (χ0n) is 29.6. The summed E-state index contributed by atoms with van der Waals surface area (Å²) < 4.78 is 5.25. The third kappa shape index (κ3) is 10.3. The fraction of sp³-hybridized carbons (Fsp3) is 0.771. The standard InChI is InChI=1S/C35H57N5O7/c1-10-11-17-23(28(42)30(44)36-19-18-24(41)47-34(5,6)7)37-29(43)27-25-22(35(25,8)9)20-40(27)31(45)26(21-15-13-12-14-16-21)38-32(46)39-33(2,3)4/h10,21-23,25-27H,1,11-20H2,2-9H3,(H,36,44)(H,37,43)(H2,38,39,46)/t22-,23-,25-,26-,27-/m0/s1. The van der Waals surface area contributed by atoms with E-state index in [0.717, 1.165) is 32.1 Å². The van der Waals surface area contributed by atoms with Crippen LogP contribution < -0.4 is 21.3 Å². The molecular weight excluding hydrogens is 602 g/mol. The summed E-state index contributed by atoms with van der Waals surface area (Å²) >= 11 is 0. The molecule has 3 rings (SSSR count). The normalized spacial score (nSPS) is 23.4. The Bertz CT molecular complexity index is 1210. The lowest BCUT2D eigenvalue weighted by atomic mass is 9.83. The van der Waals surface area contributed by atoms with Gasteiger partial charge >= 0.3 is 12.0 Å². The van der Waals surface area contributed by atoms with Gasteiger partial charge in [0.05, 0.1) is 12.5 Å². The van der Waals surface area contributed by atoms with E-state index >= 15 is 0 Å². The van der Waals surface area contributed by atoms with E-state index in [-0.39, 0.29) is 48.5 Å². The quantitative estimate of drug-likeness (QED) is 0.134. The fourth-order valence-electron chi connectivity index (χ4n) is 7.08. The van der Waals surface area contributed by atoms with Crippen LogP contribution in [0.15, 0.2) is 12.7 Å². The van der Waals surface area contributed by atoms with Gasteiger partial charge in [-0.3, -0.25) is 24.0 Å². The summed E-state index contributed by atoms with van der Waals surface area (Å²) in [4.78, 5) is 81.1. The van der Waals surface area contributed by atoms with Gasteiger partial charge in [0.1, 0.15) is 17.7 Å². The number of likely N-dealkylation sites (tertiary alicyclic amines) is 1. The molecule has 3 fully saturated rings. The van der Waals surface area contributed by atoms with Gasteiger partial charge in [-0.05, 0) is 90.4 Å². The molecule has 3 aliphatic rings. The Balaban J connectivity index is 1.77. The number of nitrogens with one attached hydrogen (secondary N) is 4. The number of nitrogens with zero attached hydrogens (tertiary/aromatic N) is 1. The van der Waals surface area contributed by atoms with Crippen molar-refractivity contribution < 1.29 is 33.5 Å². The van der Waals surface area contributed by atoms with E-state index in [4.69, 9.17) is 4.74 Å². The summed E-state index contributed by atoms with van der Waals surface area (Å²) in [5.74, 6) is -3.14. The number of Topliss-reactive ketones (excluding diaryl/α,β-unsaturated/α-hetero) is 1. The lowest BCUT2D eigenvalue weighted by Crippen LogP contribution is -2.61. The Labute approximate surface area is 279 Å². The van der Waals surface area contributed by atoms with Crippen LogP contribution in [0.25, 0.3) is 0 Å². The zero-order chi connectivity index (χ0) is 35.3. The largest absolute Gasteiger partial charge is 0.460 e. The number of piperidine rings is 1. The molecule has 0 bridgehead atoms. The number of allylic oxidation sites excluding steroid dienone is 1. The van der Waals surface area contributed by atoms with Gasteiger partial charge in [0.25, 0.3) is 5.91 Å². The van der Waals surface area contributed by atoms with Crippen LogP contribution in [0.3, 0.4) is 0 Å². The third-order valence-electron chi connectivity index (χ3n) is 9.47. The number of hydrogen-bond donors (Lipinski definition) is 4. The van der Waals surface area contributed by atoms with Gasteiger partial charge in [-0.25, -0.2) is 4.79 Å². The Hall–Kier alpha value is -3.44. The highest BCUT2D eigenvalue weighted by molar-refractivity contribution is 6.38. The predicted molar refractivity (Wildman–Crippen MR) is 178 cm³/mol. The first-order valence-electron chi connectivity index (χ1n) is 17.1. The van der Waals surface area contributed by atoms with Crippen LogP contribution in [-0.2, 0) is 28.7 Å². The molecule has 1 heterocycles. The summed E-state index contributed by atoms with van der Waals surface area (Å²) in [6.07, 6.45) is 6.61. The van der Waals surface area contributed by atoms with Crippen molar-refractivity contribution >= 4 is 35.5 Å². The molecule has 2 aliphatic carbocycles. The Morgan fingerprint density at radius 3 is 2.19 bits per heavy atom. The maximum atomic E-state index is 14.3. The molecule has 12 heteroatoms. The number of amides is 5. The van der Waals surface area contributed by atoms with Crippen molar-refractivity contribution in [3.8, 4) is 0 Å². The molecule has 0 aromatic rings. The maximum absolute atomic E-state index is 14.3. The molecule has 1 aliphatic heterocycles. The molecular formula is C35H57N5O7. The third-order valence-corrected chi connectivity index (χ3v) is 9.47. The molecule has 1 saturated heterocycles. The van der Waals surface area contributed by atoms with Crippen LogP contribution in [0.2, 0.25) is 0 Å². The molecule has 5 amide bonds. The Morgan fingerprint density at radius 1 is 0.979 bits per heavy atom. The van der Waals surface area contributed by atoms with Crippen molar-refractivity contribution in [2.75, 3.05) is 13.1 Å². The number of carbonyl (C=O) groups is 6. The minimum absolute atomic E-state index is 0.0538. The first-order chi connectivity index (χ1) is 21.8. The Kier molecular flexibility index (Phi) is 12.3. The first-order valence-corrected chi connectivity index (χ1v) is 17.1. The van der Waals surface area contributed by atoms with Crippen LogP contribution in [-0.4, -0.2) is 82.8 Å². The van der Waals surface area contributed by atoms with E-state index in [1.54, 1.807) is 31.7 Å². The van der Waals surface area contributed by atoms with E-state index in [1.807, 2.05) is 20.8 Å². The molecule has 0 unspecified atom stereocenters. The van der Waals surface area contributed by atoms with Gasteiger partial charge < -0.3 is 30.9 Å². The summed E-state index contributed by atoms with van der Waals surface area (Å²) in [6.45, 7) is 18.9. The summed E-state index contributed by atoms with van der Waals surface area (Å²) in [6, 6.07) is -3.22. The van der Waals surface area contributed by atoms with Gasteiger partial charge in [-0.15, -0.1) is 6.58 Å². The lowest BCUT2D eigenvalue weighted by molar-refractivity contribution is -0.154. The molecule has 0 spiro atoms. The number of esters is 1. The van der Waals surface area contributed by atoms with Gasteiger partial charge in [0, 0.05) is 18.6 Å². The average molecular weight is 660 g/mol. The summed E-state index contributed by atoms with van der Waals surface area (Å²) in [7, 11) is 0. The number of hydrogen-bond acceptors (Lipinski definition) is 7. The highest BCUT2D eigenvalue weighted by Crippen LogP contribution is 2.65. The van der Waals surface area contributed by atoms with Gasteiger partial charge in [0.2, 0.25) is 17.6 Å². The minimum atomic E-state index is -1.15. The van der Waals surface area contributed by atoms with Crippen molar-refractivity contribution in [3.05, 3.63) is 12.7 Å². The van der Waals surface area contributed by atoms with Crippen molar-refractivity contribution in [3.63, 3.8) is 0 Å². The zero-order valence-corrected chi connectivity index (χ0v) is 29.6. The van der Waals surface area contributed by atoms with E-state index in [2.05, 4.69) is 41.7 Å². The molecule has 264 valence electrons. The highest BCUT2D eigenvalue weighted by Gasteiger charge is 2.69. The molecule has 5 atom stereocenters. The number of ketones is 1. The van der Waals surface area contributed by atoms with Crippen LogP contribution >= 0.6 is 0 Å². The van der Waals surface area contributed by atoms with E-state index in [9.17, 15) is 28.8 Å². The monoisotopic (exact) mass is 659 g/mol. The topological polar surface area (TPSA) is 163 Å². The summed E-state index contributed by atoms with van der Waals surface area (Å²) in [5.41, 5.74) is -1.36. The van der Waals surface area contributed by atoms with Crippen molar-refractivity contribution in [2.24, 2.45) is 23.2 Å². The van der Waals surface area contributed by atoms with Gasteiger partial charge in [-0.1, -0.05) is 39.2 Å². The number of rotatable bonds is 13. The van der Waals surface area contributed by atoms with E-state index < -0.39 is 58.9 Å². The number of carbonyl (C=O) groups excluding carboxylic acids is 6. The average Bonchev–Trinajstić information content (AvgIpc) is 3.26. The lowest BCUT2D eigenvalue weighted by Gasteiger charge is -2.37. The maximum Gasteiger partial charge on any atom is 0.315 e. The molecule has 0 aromatic carbocycles. The van der Waals surface area contributed by atoms with Crippen molar-refractivity contribution in [1.82, 2.24) is 26.2 Å². The molecule has 12 nitrogen and oxygen atoms in total.